The summed E-state index contributed by atoms with van der Waals surface area (Å²) in [6, 6.07) is 11.9. The van der Waals surface area contributed by atoms with E-state index in [-0.39, 0.29) is 25.4 Å². The van der Waals surface area contributed by atoms with E-state index in [4.69, 9.17) is 27.9 Å². The molecule has 0 saturated carbocycles. The zero-order valence-electron chi connectivity index (χ0n) is 14.5. The van der Waals surface area contributed by atoms with Crippen molar-refractivity contribution in [3.8, 4) is 5.75 Å². The molecule has 1 aliphatic heterocycles. The molecule has 0 fully saturated rings. The maximum Gasteiger partial charge on any atom is 0.261 e. The highest BCUT2D eigenvalue weighted by molar-refractivity contribution is 7.92. The molecule has 0 spiro atoms. The third kappa shape index (κ3) is 4.66. The Bertz CT molecular complexity index is 966. The number of hydrogen-bond acceptors (Lipinski definition) is 4. The number of ether oxygens (including phenoxy) is 1. The number of benzene rings is 2. The quantitative estimate of drug-likeness (QED) is 0.810. The van der Waals surface area contributed by atoms with Gasteiger partial charge in [-0.25, -0.2) is 8.42 Å². The number of amides is 1. The topological polar surface area (TPSA) is 75.7 Å². The largest absolute Gasteiger partial charge is 0.478 e. The summed E-state index contributed by atoms with van der Waals surface area (Å²) < 4.78 is 31.3. The summed E-state index contributed by atoms with van der Waals surface area (Å²) in [6.07, 6.45) is 0.475. The number of fused-ring (bicyclic) bond motifs is 1. The molecule has 0 unspecified atom stereocenters. The molecule has 2 aromatic rings. The van der Waals surface area contributed by atoms with Gasteiger partial charge in [-0.05, 0) is 29.8 Å². The number of carbonyl (C=O) groups is 1. The molecule has 3 rings (SSSR count). The maximum absolute atomic E-state index is 12.6. The van der Waals surface area contributed by atoms with Crippen molar-refractivity contribution in [3.05, 3.63) is 58.1 Å². The summed E-state index contributed by atoms with van der Waals surface area (Å²) >= 11 is 12.1. The van der Waals surface area contributed by atoms with Gasteiger partial charge >= 0.3 is 0 Å². The van der Waals surface area contributed by atoms with Crippen molar-refractivity contribution in [3.63, 3.8) is 0 Å². The minimum Gasteiger partial charge on any atom is -0.478 e. The molecule has 0 aliphatic carbocycles. The second kappa shape index (κ2) is 7.96. The number of carbonyl (C=O) groups excluding carboxylic acids is 1. The van der Waals surface area contributed by atoms with E-state index in [2.05, 4.69) is 5.32 Å². The molecule has 1 N–H and O–H groups in total. The Morgan fingerprint density at radius 3 is 2.70 bits per heavy atom. The summed E-state index contributed by atoms with van der Waals surface area (Å²) in [5.41, 5.74) is 1.11. The van der Waals surface area contributed by atoms with Gasteiger partial charge in [-0.15, -0.1) is 0 Å². The highest BCUT2D eigenvalue weighted by Crippen LogP contribution is 2.36. The fraction of sp³-hybridized carbons (Fsp3) is 0.278. The summed E-state index contributed by atoms with van der Waals surface area (Å²) in [7, 11) is -3.54. The number of nitrogens with zero attached hydrogens (tertiary/aromatic N) is 1. The third-order valence-corrected chi connectivity index (χ3v) is 5.94. The Morgan fingerprint density at radius 2 is 2.00 bits per heavy atom. The van der Waals surface area contributed by atoms with Gasteiger partial charge in [-0.1, -0.05) is 41.4 Å². The van der Waals surface area contributed by atoms with Gasteiger partial charge in [0.15, 0.2) is 6.10 Å². The molecule has 2 aromatic carbocycles. The smallest absolute Gasteiger partial charge is 0.261 e. The number of sulfonamides is 1. The molecule has 9 heteroatoms. The van der Waals surface area contributed by atoms with Gasteiger partial charge < -0.3 is 10.1 Å². The number of anilines is 1. The average Bonchev–Trinajstić information content (AvgIpc) is 2.80. The number of nitrogens with one attached hydrogen (secondary N) is 1. The molecule has 1 aliphatic rings. The number of halogens is 2. The Morgan fingerprint density at radius 1 is 1.26 bits per heavy atom. The Hall–Kier alpha value is -1.96. The van der Waals surface area contributed by atoms with Gasteiger partial charge in [-0.2, -0.15) is 0 Å². The first-order valence-electron chi connectivity index (χ1n) is 8.21. The second-order valence-electron chi connectivity index (χ2n) is 6.15. The molecule has 1 atom stereocenters. The van der Waals surface area contributed by atoms with Crippen LogP contribution in [0.15, 0.2) is 42.5 Å². The molecule has 6 nitrogen and oxygen atoms in total. The van der Waals surface area contributed by atoms with Gasteiger partial charge in [0.25, 0.3) is 5.91 Å². The van der Waals surface area contributed by atoms with E-state index >= 15 is 0 Å². The van der Waals surface area contributed by atoms with Crippen molar-refractivity contribution >= 4 is 44.8 Å². The van der Waals surface area contributed by atoms with E-state index in [0.717, 1.165) is 11.8 Å². The van der Waals surface area contributed by atoms with E-state index in [1.165, 1.54) is 10.4 Å². The van der Waals surface area contributed by atoms with Crippen molar-refractivity contribution in [1.82, 2.24) is 5.32 Å². The molecule has 0 saturated heterocycles. The van der Waals surface area contributed by atoms with E-state index < -0.39 is 16.1 Å². The zero-order chi connectivity index (χ0) is 19.6. The van der Waals surface area contributed by atoms with Crippen molar-refractivity contribution in [1.29, 1.82) is 0 Å². The van der Waals surface area contributed by atoms with Gasteiger partial charge in [0.05, 0.1) is 11.9 Å². The molecule has 0 aromatic heterocycles. The lowest BCUT2D eigenvalue weighted by Crippen LogP contribution is -2.39. The van der Waals surface area contributed by atoms with Gasteiger partial charge in [0.2, 0.25) is 10.0 Å². The minimum atomic E-state index is -3.54. The Labute approximate surface area is 168 Å². The van der Waals surface area contributed by atoms with Crippen molar-refractivity contribution in [2.75, 3.05) is 17.1 Å². The number of hydrogen-bond donors (Lipinski definition) is 1. The van der Waals surface area contributed by atoms with Crippen LogP contribution in [0.2, 0.25) is 10.0 Å². The van der Waals surface area contributed by atoms with Crippen LogP contribution < -0.4 is 14.4 Å². The van der Waals surface area contributed by atoms with Crippen molar-refractivity contribution in [2.45, 2.75) is 19.1 Å². The third-order valence-electron chi connectivity index (χ3n) is 4.16. The van der Waals surface area contributed by atoms with Crippen molar-refractivity contribution in [2.24, 2.45) is 0 Å². The molecule has 27 heavy (non-hydrogen) atoms. The lowest BCUT2D eigenvalue weighted by atomic mass is 10.2. The van der Waals surface area contributed by atoms with E-state index in [1.54, 1.807) is 18.2 Å². The summed E-state index contributed by atoms with van der Waals surface area (Å²) in [6.45, 7) is 0.359. The van der Waals surface area contributed by atoms with Crippen LogP contribution >= 0.6 is 23.2 Å². The molecule has 1 heterocycles. The van der Waals surface area contributed by atoms with Crippen LogP contribution in [0.4, 0.5) is 5.69 Å². The first-order valence-corrected chi connectivity index (χ1v) is 10.8. The normalized spacial score (nSPS) is 16.9. The zero-order valence-corrected chi connectivity index (χ0v) is 16.8. The predicted octanol–water partition coefficient (Wildman–Crippen LogP) is 3.23. The molecular formula is C18H18Cl2N2O4S. The van der Waals surface area contributed by atoms with Crippen LogP contribution in [-0.4, -0.2) is 33.2 Å². The first kappa shape index (κ1) is 19.8. The van der Waals surface area contributed by atoms with Gasteiger partial charge in [0, 0.05) is 29.6 Å². The summed E-state index contributed by atoms with van der Waals surface area (Å²) in [5.74, 6) is -0.0496. The van der Waals surface area contributed by atoms with E-state index in [1.807, 2.05) is 18.2 Å². The highest BCUT2D eigenvalue weighted by Gasteiger charge is 2.31. The Balaban J connectivity index is 1.79. The SMILES string of the molecule is CS(=O)(=O)N1CC[C@@H](C(=O)NCc2ccccc2Cl)Oc2ccc(Cl)cc21. The van der Waals surface area contributed by atoms with Gasteiger partial charge in [0.1, 0.15) is 5.75 Å². The predicted molar refractivity (Wildman–Crippen MR) is 106 cm³/mol. The monoisotopic (exact) mass is 428 g/mol. The molecule has 0 radical (unpaired) electrons. The lowest BCUT2D eigenvalue weighted by Gasteiger charge is -2.21. The van der Waals surface area contributed by atoms with Gasteiger partial charge in [-0.3, -0.25) is 9.10 Å². The van der Waals surface area contributed by atoms with Crippen LogP contribution in [0.5, 0.6) is 5.75 Å². The molecular weight excluding hydrogens is 411 g/mol. The maximum atomic E-state index is 12.6. The molecule has 0 bridgehead atoms. The number of rotatable bonds is 4. The van der Waals surface area contributed by atoms with Crippen LogP contribution in [0.25, 0.3) is 0 Å². The average molecular weight is 429 g/mol. The van der Waals surface area contributed by atoms with Crippen LogP contribution in [0.1, 0.15) is 12.0 Å². The fourth-order valence-corrected chi connectivity index (χ4v) is 4.13. The molecule has 1 amide bonds. The highest BCUT2D eigenvalue weighted by atomic mass is 35.5. The minimum absolute atomic E-state index is 0.107. The Kier molecular flexibility index (Phi) is 5.83. The summed E-state index contributed by atoms with van der Waals surface area (Å²) in [5, 5.41) is 3.73. The van der Waals surface area contributed by atoms with Crippen LogP contribution in [0.3, 0.4) is 0 Å². The van der Waals surface area contributed by atoms with Crippen molar-refractivity contribution < 1.29 is 17.9 Å². The second-order valence-corrected chi connectivity index (χ2v) is 8.90. The lowest BCUT2D eigenvalue weighted by molar-refractivity contribution is -0.128. The first-order chi connectivity index (χ1) is 12.8. The summed E-state index contributed by atoms with van der Waals surface area (Å²) in [4.78, 5) is 12.6. The fourth-order valence-electron chi connectivity index (χ4n) is 2.82. The van der Waals surface area contributed by atoms with Crippen LogP contribution in [0, 0.1) is 0 Å². The molecule has 144 valence electrons. The standard InChI is InChI=1S/C18H18Cl2N2O4S/c1-27(24,25)22-9-8-17(26-16-7-6-13(19)10-15(16)22)18(23)21-11-12-4-2-3-5-14(12)20/h2-7,10,17H,8-9,11H2,1H3,(H,21,23)/t17-/m0/s1. The van der Waals surface area contributed by atoms with E-state index in [0.29, 0.717) is 21.5 Å². The van der Waals surface area contributed by atoms with E-state index in [9.17, 15) is 13.2 Å². The van der Waals surface area contributed by atoms with Crippen LogP contribution in [-0.2, 0) is 21.4 Å².